The number of benzene rings is 10. The molecule has 0 saturated heterocycles. The third kappa shape index (κ3) is 25.1. The van der Waals surface area contributed by atoms with E-state index in [2.05, 4.69) is 120 Å². The van der Waals surface area contributed by atoms with Crippen LogP contribution in [0.5, 0.6) is 57.9 Å². The molecule has 150 heavy (non-hydrogen) atoms. The average molecular weight is 2010 g/mol. The van der Waals surface area contributed by atoms with E-state index in [9.17, 15) is 18.4 Å². The van der Waals surface area contributed by atoms with Crippen LogP contribution in [0.2, 0.25) is 0 Å². The largest absolute Gasteiger partial charge is 0.497 e. The minimum absolute atomic E-state index is 0.107. The Morgan fingerprint density at radius 2 is 0.693 bits per heavy atom. The van der Waals surface area contributed by atoms with Gasteiger partial charge < -0.3 is 67.0 Å². The number of methoxy groups -OCH3 is 10. The van der Waals surface area contributed by atoms with E-state index in [4.69, 9.17) is 68.7 Å². The molecule has 19 aromatic rings. The van der Waals surface area contributed by atoms with Gasteiger partial charge in [-0.2, -0.15) is 48.8 Å². The zero-order valence-electron chi connectivity index (χ0n) is 84.5. The highest BCUT2D eigenvalue weighted by atomic mass is 19.4. The van der Waals surface area contributed by atoms with Gasteiger partial charge in [-0.3, -0.25) is 38.7 Å². The summed E-state index contributed by atoms with van der Waals surface area (Å²) in [4.78, 5) is 53.9. The van der Waals surface area contributed by atoms with Gasteiger partial charge in [0.2, 0.25) is 5.88 Å². The molecule has 0 aliphatic rings. The lowest BCUT2D eigenvalue weighted by molar-refractivity contribution is -0.141. The highest BCUT2D eigenvalue weighted by Gasteiger charge is 2.38. The van der Waals surface area contributed by atoms with E-state index < -0.39 is 11.9 Å². The van der Waals surface area contributed by atoms with Crippen LogP contribution in [0.25, 0.3) is 89.2 Å². The normalized spacial score (nSPS) is 10.7. The van der Waals surface area contributed by atoms with Gasteiger partial charge in [0.25, 0.3) is 0 Å². The van der Waals surface area contributed by atoms with Crippen LogP contribution >= 0.6 is 0 Å². The highest BCUT2D eigenvalue weighted by Crippen LogP contribution is 2.42. The van der Waals surface area contributed by atoms with E-state index in [1.165, 1.54) is 33.7 Å². The molecule has 0 saturated carbocycles. The maximum atomic E-state index is 13.5. The van der Waals surface area contributed by atoms with Crippen LogP contribution in [0, 0.1) is 59.2 Å². The summed E-state index contributed by atoms with van der Waals surface area (Å²) >= 11 is 0. The van der Waals surface area contributed by atoms with Crippen molar-refractivity contribution in [1.29, 1.82) is 5.26 Å². The Bertz CT molecular complexity index is 8310. The average Bonchev–Trinajstić information content (AvgIpc) is 1.45. The van der Waals surface area contributed by atoms with Crippen molar-refractivity contribution < 1.29 is 60.5 Å². The molecule has 0 atom stereocenters. The van der Waals surface area contributed by atoms with Crippen LogP contribution in [0.3, 0.4) is 0 Å². The van der Waals surface area contributed by atoms with Gasteiger partial charge in [0.05, 0.1) is 212 Å². The molecule has 19 rings (SSSR count). The maximum Gasteiger partial charge on any atom is 0.435 e. The molecule has 752 valence electrons. The third-order valence-electron chi connectivity index (χ3n) is 23.3. The van der Waals surface area contributed by atoms with Gasteiger partial charge in [-0.1, -0.05) is 54.6 Å². The van der Waals surface area contributed by atoms with Crippen molar-refractivity contribution in [1.82, 2.24) is 89.0 Å². The molecule has 0 amide bonds. The van der Waals surface area contributed by atoms with Crippen LogP contribution in [0.15, 0.2) is 268 Å². The van der Waals surface area contributed by atoms with Crippen LogP contribution in [-0.4, -0.2) is 186 Å². The lowest BCUT2D eigenvalue weighted by atomic mass is 10.1. The Morgan fingerprint density at radius 3 is 1.04 bits per heavy atom. The number of hydrogen-bond donors (Lipinski definition) is 0. The van der Waals surface area contributed by atoms with Crippen LogP contribution in [0.1, 0.15) is 47.0 Å². The van der Waals surface area contributed by atoms with E-state index in [0.29, 0.717) is 106 Å². The molecule has 0 radical (unpaired) electrons. The van der Waals surface area contributed by atoms with Crippen molar-refractivity contribution >= 4 is 89.6 Å². The SMILES string of the molecule is C#Cc1ccc(C#CCN(c2cc(OC)cc(OC)c2)c2ccc3ncc(-c4cnn(C)c4)nc3c2)cc1.CCCN(c1cc(OC)cc(OC)c1)c1ccc2ncc(-c3cn(C)nc3C(F)(F)F)nc2c1.COc1cc(OC)cc(N(CC#Cc2cc(OC)nc(OC)n2)c2ccc3ncc(-c4cnn(C)c4)nc3c2)c1.COc1cc(OC)cc(N(CC#Cc2ccccc2C#N)c2ccc3ncc(-c4cnn(C)c4)nc3c2)c1. The van der Waals surface area contributed by atoms with Crippen molar-refractivity contribution in [3.63, 3.8) is 0 Å². The summed E-state index contributed by atoms with van der Waals surface area (Å²) in [7, 11) is 23.0. The monoisotopic (exact) mass is 2010 g/mol. The zero-order valence-corrected chi connectivity index (χ0v) is 84.5. The number of fused-ring (bicyclic) bond motifs is 4. The summed E-state index contributed by atoms with van der Waals surface area (Å²) in [5, 5.41) is 25.7. The second-order valence-electron chi connectivity index (χ2n) is 33.2. The molecule has 0 N–H and O–H groups in total. The summed E-state index contributed by atoms with van der Waals surface area (Å²) in [6.45, 7) is 3.82. The number of aromatic nitrogens is 18. The fourth-order valence-corrected chi connectivity index (χ4v) is 15.8. The van der Waals surface area contributed by atoms with Crippen molar-refractivity contribution in [2.45, 2.75) is 19.5 Å². The van der Waals surface area contributed by atoms with E-state index in [-0.39, 0.29) is 17.3 Å². The molecule has 0 fully saturated rings. The smallest absolute Gasteiger partial charge is 0.435 e. The summed E-state index contributed by atoms with van der Waals surface area (Å²) in [5.41, 5.74) is 19.8. The van der Waals surface area contributed by atoms with Crippen LogP contribution in [0.4, 0.5) is 58.7 Å². The van der Waals surface area contributed by atoms with Crippen molar-refractivity contribution in [3.8, 4) is 157 Å². The first-order chi connectivity index (χ1) is 72.8. The molecular formula is C114H100F3N23O10. The topological polar surface area (TPSA) is 329 Å². The van der Waals surface area contributed by atoms with Gasteiger partial charge in [-0.15, -0.1) is 6.42 Å². The number of alkyl halides is 3. The number of rotatable bonds is 27. The van der Waals surface area contributed by atoms with E-state index in [0.717, 1.165) is 135 Å². The maximum absolute atomic E-state index is 13.5. The molecule has 9 aromatic heterocycles. The first kappa shape index (κ1) is 103. The van der Waals surface area contributed by atoms with Crippen LogP contribution < -0.4 is 67.0 Å². The number of aryl methyl sites for hydroxylation is 4. The van der Waals surface area contributed by atoms with Gasteiger partial charge in [0.15, 0.2) is 5.69 Å². The first-order valence-electron chi connectivity index (χ1n) is 46.5. The number of ether oxygens (including phenoxy) is 10. The third-order valence-corrected chi connectivity index (χ3v) is 23.3. The first-order valence-corrected chi connectivity index (χ1v) is 46.5. The number of nitrogens with zero attached hydrogens (tertiary/aromatic N) is 23. The Labute approximate surface area is 863 Å². The summed E-state index contributed by atoms with van der Waals surface area (Å²) in [6, 6.07) is 64.9. The Hall–Kier alpha value is -19.8. The molecule has 33 nitrogen and oxygen atoms in total. The number of nitriles is 1. The summed E-state index contributed by atoms with van der Waals surface area (Å²) in [6.07, 6.45) is 20.7. The molecule has 0 bridgehead atoms. The number of terminal acetylenes is 1. The fraction of sp³-hybridized carbons (Fsp3) is 0.184. The summed E-state index contributed by atoms with van der Waals surface area (Å²) < 4.78 is 101. The second kappa shape index (κ2) is 47.6. The van der Waals surface area contributed by atoms with Crippen molar-refractivity contribution in [2.75, 3.05) is 117 Å². The Kier molecular flexibility index (Phi) is 32.7. The van der Waals surface area contributed by atoms with Crippen molar-refractivity contribution in [3.05, 3.63) is 302 Å². The van der Waals surface area contributed by atoms with E-state index >= 15 is 0 Å². The minimum Gasteiger partial charge on any atom is -0.497 e. The molecule has 36 heteroatoms. The van der Waals surface area contributed by atoms with Crippen LogP contribution in [-0.2, 0) is 34.4 Å². The minimum atomic E-state index is -4.60. The number of halogens is 3. The predicted octanol–water partition coefficient (Wildman–Crippen LogP) is 20.0. The quantitative estimate of drug-likeness (QED) is 0.0432. The molecule has 9 heterocycles. The van der Waals surface area contributed by atoms with Gasteiger partial charge >= 0.3 is 12.2 Å². The molecule has 10 aromatic carbocycles. The molecular weight excluding hydrogens is 1910 g/mol. The standard InChI is InChI=1S/C31H25N5O2.C30H24N6O2.C29H27N7O4.C24H24F3N5O2/c1-5-22-8-10-23(11-9-22)7-6-14-36(26-15-27(37-3)18-28(16-26)38-4)25-12-13-29-30(17-25)34-31(20-32-29)24-19-33-35(2)21-24;1-35-20-23(18-33-35)30-19-32-28-11-10-24(15-29(28)34-30)36(25-13-26(37-2)16-27(14-25)38-3)12-6-9-21-7-4-5-8-22(21)17-31;1-35-18-19(16-31-35)27-17-30-25-9-8-21(14-26(25)33-27)36(22-12-23(37-2)15-24(13-22)38-3)10-6-7-20-11-28(39-4)34-29(32-20)40-5;1-5-8-32(16-9-17(33-3)12-18(10-16)34-4)15-6-7-20-21(11-15)29-22(13-28-20)19-14-31(2)30-23(19)24(25,26)27/h1,8-13,15-21H,14H2,2-4H3;4-5,7-8,10-11,13-16,18-20H,12H2,1-3H3;8-9,11-18H,10H2,1-5H3;6-7,9-14H,5,8H2,1-4H3. The van der Waals surface area contributed by atoms with E-state index in [1.807, 2.05) is 225 Å². The lowest BCUT2D eigenvalue weighted by Gasteiger charge is -2.25. The number of anilines is 8. The lowest BCUT2D eigenvalue weighted by Crippen LogP contribution is -2.18. The summed E-state index contributed by atoms with van der Waals surface area (Å²) in [5.74, 6) is 27.5. The van der Waals surface area contributed by atoms with Gasteiger partial charge in [-0.25, -0.2) is 19.9 Å². The second-order valence-corrected chi connectivity index (χ2v) is 33.2. The Morgan fingerprint density at radius 1 is 0.340 bits per heavy atom. The van der Waals surface area contributed by atoms with E-state index in [1.54, 1.807) is 132 Å². The molecule has 0 unspecified atom stereocenters. The van der Waals surface area contributed by atoms with Crippen molar-refractivity contribution in [2.24, 2.45) is 28.2 Å². The fourth-order valence-electron chi connectivity index (χ4n) is 15.8. The number of hydrogen-bond acceptors (Lipinski definition) is 29. The molecule has 0 aliphatic heterocycles. The van der Waals surface area contributed by atoms with Gasteiger partial charge in [-0.05, 0) is 122 Å². The molecule has 0 spiro atoms. The highest BCUT2D eigenvalue weighted by molar-refractivity contribution is 5.88. The predicted molar refractivity (Wildman–Crippen MR) is 570 cm³/mol. The Balaban J connectivity index is 0.000000143. The van der Waals surface area contributed by atoms with Gasteiger partial charge in [0, 0.05) is 217 Å². The molecule has 0 aliphatic carbocycles. The van der Waals surface area contributed by atoms with Gasteiger partial charge in [0.1, 0.15) is 57.8 Å². The zero-order chi connectivity index (χ0) is 105.